The van der Waals surface area contributed by atoms with Gasteiger partial charge in [0, 0.05) is 29.0 Å². The molecule has 1 aliphatic rings. The largest absolute Gasteiger partial charge is 0.294 e. The van der Waals surface area contributed by atoms with Crippen LogP contribution in [0, 0.1) is 6.92 Å². The molecule has 0 saturated heterocycles. The molecule has 0 unspecified atom stereocenters. The van der Waals surface area contributed by atoms with E-state index < -0.39 is 0 Å². The maximum Gasteiger partial charge on any atom is 0.258 e. The molecule has 3 aromatic rings. The Hall–Kier alpha value is -2.86. The first-order chi connectivity index (χ1) is 12.6. The smallest absolute Gasteiger partial charge is 0.258 e. The lowest BCUT2D eigenvalue weighted by Crippen LogP contribution is -2.22. The summed E-state index contributed by atoms with van der Waals surface area (Å²) >= 11 is 1.65. The summed E-state index contributed by atoms with van der Waals surface area (Å²) in [5, 5.41) is 4.74. The predicted octanol–water partition coefficient (Wildman–Crippen LogP) is 4.01. The first-order valence-corrected chi connectivity index (χ1v) is 9.28. The van der Waals surface area contributed by atoms with Crippen molar-refractivity contribution in [1.29, 1.82) is 0 Å². The van der Waals surface area contributed by atoms with Crippen LogP contribution in [0.5, 0.6) is 0 Å². The summed E-state index contributed by atoms with van der Waals surface area (Å²) < 4.78 is 0. The first-order valence-electron chi connectivity index (χ1n) is 8.40. The van der Waals surface area contributed by atoms with Crippen molar-refractivity contribution in [1.82, 2.24) is 9.97 Å². The van der Waals surface area contributed by atoms with Gasteiger partial charge >= 0.3 is 0 Å². The number of aryl methyl sites for hydroxylation is 1. The Morgan fingerprint density at radius 1 is 1.19 bits per heavy atom. The van der Waals surface area contributed by atoms with E-state index in [1.165, 1.54) is 11.1 Å². The number of Topliss-reactive ketones (excluding diaryl/α,β-unsaturated/α-hetero) is 1. The number of hydrogen-bond donors (Lipinski definition) is 1. The van der Waals surface area contributed by atoms with E-state index in [-0.39, 0.29) is 23.6 Å². The number of aromatic nitrogens is 2. The lowest BCUT2D eigenvalue weighted by Gasteiger charge is -2.22. The zero-order valence-electron chi connectivity index (χ0n) is 14.2. The Kier molecular flexibility index (Phi) is 4.34. The molecule has 0 radical (unpaired) electrons. The van der Waals surface area contributed by atoms with Gasteiger partial charge in [-0.2, -0.15) is 0 Å². The maximum absolute atomic E-state index is 12.4. The maximum atomic E-state index is 12.4. The predicted molar refractivity (Wildman–Crippen MR) is 101 cm³/mol. The van der Waals surface area contributed by atoms with E-state index in [0.717, 1.165) is 5.56 Å². The van der Waals surface area contributed by atoms with Gasteiger partial charge in [-0.25, -0.2) is 9.97 Å². The lowest BCUT2D eigenvalue weighted by atomic mass is 9.86. The number of fused-ring (bicyclic) bond motifs is 1. The van der Waals surface area contributed by atoms with Gasteiger partial charge in [-0.15, -0.1) is 11.3 Å². The molecule has 0 bridgehead atoms. The molecule has 0 fully saturated rings. The number of benzene rings is 1. The summed E-state index contributed by atoms with van der Waals surface area (Å²) in [6.45, 7) is 1.97. The molecular weight excluding hydrogens is 346 g/mol. The Balaban J connectivity index is 1.56. The highest BCUT2D eigenvalue weighted by Crippen LogP contribution is 2.34. The van der Waals surface area contributed by atoms with Crippen LogP contribution in [0.1, 0.15) is 49.2 Å². The van der Waals surface area contributed by atoms with Crippen molar-refractivity contribution in [2.45, 2.75) is 25.7 Å². The van der Waals surface area contributed by atoms with Crippen molar-refractivity contribution < 1.29 is 9.59 Å². The molecule has 26 heavy (non-hydrogen) atoms. The Labute approximate surface area is 155 Å². The van der Waals surface area contributed by atoms with Crippen molar-refractivity contribution in [3.05, 3.63) is 75.2 Å². The molecule has 1 atom stereocenters. The molecule has 130 valence electrons. The fourth-order valence-electron chi connectivity index (χ4n) is 3.11. The van der Waals surface area contributed by atoms with Crippen LogP contribution >= 0.6 is 11.3 Å². The molecule has 5 nitrogen and oxygen atoms in total. The van der Waals surface area contributed by atoms with Gasteiger partial charge in [-0.3, -0.25) is 14.9 Å². The van der Waals surface area contributed by atoms with Crippen molar-refractivity contribution in [2.75, 3.05) is 5.32 Å². The first kappa shape index (κ1) is 16.6. The number of anilines is 1. The molecule has 2 heterocycles. The third kappa shape index (κ3) is 3.28. The van der Waals surface area contributed by atoms with Crippen LogP contribution in [-0.2, 0) is 6.42 Å². The van der Waals surface area contributed by atoms with Gasteiger partial charge in [0.25, 0.3) is 5.91 Å². The average molecular weight is 363 g/mol. The van der Waals surface area contributed by atoms with Crippen molar-refractivity contribution in [2.24, 2.45) is 0 Å². The molecule has 2 aromatic heterocycles. The van der Waals surface area contributed by atoms with E-state index >= 15 is 0 Å². The summed E-state index contributed by atoms with van der Waals surface area (Å²) in [6, 6.07) is 11.3. The van der Waals surface area contributed by atoms with Gasteiger partial charge in [0.2, 0.25) is 5.95 Å². The van der Waals surface area contributed by atoms with Gasteiger partial charge in [-0.1, -0.05) is 23.8 Å². The van der Waals surface area contributed by atoms with Crippen molar-refractivity contribution in [3.63, 3.8) is 0 Å². The van der Waals surface area contributed by atoms with Crippen LogP contribution in [0.3, 0.4) is 0 Å². The van der Waals surface area contributed by atoms with Crippen LogP contribution in [0.25, 0.3) is 0 Å². The number of nitrogens with one attached hydrogen (secondary N) is 1. The van der Waals surface area contributed by atoms with Gasteiger partial charge in [0.05, 0.1) is 11.3 Å². The summed E-state index contributed by atoms with van der Waals surface area (Å²) in [6.07, 6.45) is 2.68. The molecule has 4 rings (SSSR count). The van der Waals surface area contributed by atoms with E-state index in [2.05, 4.69) is 21.4 Å². The van der Waals surface area contributed by atoms with E-state index in [1.54, 1.807) is 23.5 Å². The van der Waals surface area contributed by atoms with Gasteiger partial charge in [0.15, 0.2) is 5.78 Å². The second-order valence-electron chi connectivity index (χ2n) is 6.42. The van der Waals surface area contributed by atoms with Crippen molar-refractivity contribution >= 4 is 29.0 Å². The number of hydrogen-bond acceptors (Lipinski definition) is 5. The normalized spacial score (nSPS) is 16.2. The number of carbonyl (C=O) groups is 2. The summed E-state index contributed by atoms with van der Waals surface area (Å²) in [5.41, 5.74) is 2.90. The quantitative estimate of drug-likeness (QED) is 0.763. The fraction of sp³-hybridized carbons (Fsp3) is 0.200. The monoisotopic (exact) mass is 363 g/mol. The molecule has 0 saturated carbocycles. The minimum absolute atomic E-state index is 0.0565. The summed E-state index contributed by atoms with van der Waals surface area (Å²) in [7, 11) is 0. The standard InChI is InChI=1S/C20H17N3O2S/c1-12-4-6-13(7-5-12)19(25)23-20-21-11-15-16(22-20)9-14(10-17(15)24)18-3-2-8-26-18/h2-8,11,14H,9-10H2,1H3,(H,21,22,23,25)/t14-/m0/s1. The summed E-state index contributed by atoms with van der Waals surface area (Å²) in [4.78, 5) is 34.6. The molecule has 0 aliphatic heterocycles. The average Bonchev–Trinajstić information content (AvgIpc) is 3.16. The number of thiophene rings is 1. The van der Waals surface area contributed by atoms with Crippen LogP contribution in [0.2, 0.25) is 0 Å². The Morgan fingerprint density at radius 3 is 2.73 bits per heavy atom. The van der Waals surface area contributed by atoms with Crippen LogP contribution in [0.4, 0.5) is 5.95 Å². The lowest BCUT2D eigenvalue weighted by molar-refractivity contribution is 0.0963. The van der Waals surface area contributed by atoms with E-state index in [0.29, 0.717) is 29.7 Å². The third-order valence-corrected chi connectivity index (χ3v) is 5.56. The molecular formula is C20H17N3O2S. The van der Waals surface area contributed by atoms with Gasteiger partial charge in [-0.05, 0) is 36.9 Å². The van der Waals surface area contributed by atoms with Crippen molar-refractivity contribution in [3.8, 4) is 0 Å². The number of ketones is 1. The Bertz CT molecular complexity index is 965. The number of carbonyl (C=O) groups excluding carboxylic acids is 2. The number of nitrogens with zero attached hydrogens (tertiary/aromatic N) is 2. The van der Waals surface area contributed by atoms with E-state index in [4.69, 9.17) is 0 Å². The van der Waals surface area contributed by atoms with Crippen LogP contribution in [0.15, 0.2) is 48.0 Å². The molecule has 0 spiro atoms. The number of rotatable bonds is 3. The van der Waals surface area contributed by atoms with Crippen LogP contribution < -0.4 is 5.32 Å². The highest BCUT2D eigenvalue weighted by atomic mass is 32.1. The Morgan fingerprint density at radius 2 is 2.00 bits per heavy atom. The zero-order valence-corrected chi connectivity index (χ0v) is 15.0. The second-order valence-corrected chi connectivity index (χ2v) is 7.40. The topological polar surface area (TPSA) is 72.0 Å². The fourth-order valence-corrected chi connectivity index (χ4v) is 3.94. The highest BCUT2D eigenvalue weighted by molar-refractivity contribution is 7.10. The SMILES string of the molecule is Cc1ccc(C(=O)Nc2ncc3c(n2)C[C@H](c2cccs2)CC3=O)cc1. The molecule has 1 N–H and O–H groups in total. The van der Waals surface area contributed by atoms with Crippen LogP contribution in [-0.4, -0.2) is 21.7 Å². The third-order valence-electron chi connectivity index (χ3n) is 4.52. The molecule has 1 aromatic carbocycles. The molecule has 1 amide bonds. The van der Waals surface area contributed by atoms with Gasteiger partial charge in [0.1, 0.15) is 0 Å². The molecule has 6 heteroatoms. The van der Waals surface area contributed by atoms with Gasteiger partial charge < -0.3 is 0 Å². The summed E-state index contributed by atoms with van der Waals surface area (Å²) in [5.74, 6) is 0.169. The van der Waals surface area contributed by atoms with E-state index in [9.17, 15) is 9.59 Å². The minimum Gasteiger partial charge on any atom is -0.294 e. The molecule has 1 aliphatic carbocycles. The van der Waals surface area contributed by atoms with E-state index in [1.807, 2.05) is 30.5 Å². The second kappa shape index (κ2) is 6.80. The number of amides is 1. The highest BCUT2D eigenvalue weighted by Gasteiger charge is 2.28. The zero-order chi connectivity index (χ0) is 18.1. The minimum atomic E-state index is -0.262.